The van der Waals surface area contributed by atoms with E-state index in [1.54, 1.807) is 6.33 Å². The van der Waals surface area contributed by atoms with Crippen LogP contribution in [-0.2, 0) is 0 Å². The van der Waals surface area contributed by atoms with E-state index >= 15 is 0 Å². The van der Waals surface area contributed by atoms with E-state index in [0.717, 1.165) is 30.3 Å². The minimum absolute atomic E-state index is 0.772. The zero-order chi connectivity index (χ0) is 15.8. The van der Waals surface area contributed by atoms with Gasteiger partial charge in [-0.1, -0.05) is 11.6 Å². The Hall–Kier alpha value is -1.72. The first kappa shape index (κ1) is 14.8. The van der Waals surface area contributed by atoms with Crippen molar-refractivity contribution in [3.8, 4) is 0 Å². The molecule has 2 aliphatic heterocycles. The number of hydrogen-bond donors (Lipinski definition) is 0. The lowest BCUT2D eigenvalue weighted by Gasteiger charge is -2.44. The summed E-state index contributed by atoms with van der Waals surface area (Å²) < 4.78 is 0. The summed E-state index contributed by atoms with van der Waals surface area (Å²) in [5.41, 5.74) is 2.31. The number of piperazine rings is 1. The van der Waals surface area contributed by atoms with Gasteiger partial charge in [-0.25, -0.2) is 9.97 Å². The van der Waals surface area contributed by atoms with Gasteiger partial charge in [0.2, 0.25) is 0 Å². The lowest BCUT2D eigenvalue weighted by atomic mass is 9.98. The Morgan fingerprint density at radius 3 is 2.65 bits per heavy atom. The molecule has 0 aliphatic carbocycles. The maximum Gasteiger partial charge on any atom is 0.139 e. The maximum atomic E-state index is 4.56. The molecule has 2 aromatic rings. The predicted molar refractivity (Wildman–Crippen MR) is 93.9 cm³/mol. The van der Waals surface area contributed by atoms with Crippen molar-refractivity contribution >= 4 is 16.7 Å². The van der Waals surface area contributed by atoms with Crippen molar-refractivity contribution in [1.82, 2.24) is 19.8 Å². The number of aryl methyl sites for hydroxylation is 1. The number of hydrogen-bond acceptors (Lipinski definition) is 5. The average Bonchev–Trinajstić information content (AvgIpc) is 2.52. The fourth-order valence-corrected chi connectivity index (χ4v) is 3.66. The monoisotopic (exact) mass is 311 g/mol. The SMILES string of the molecule is Cc1ccc2ncnc(N3CC(CN4CCN(C)CC4)C3)c2c1. The van der Waals surface area contributed by atoms with Gasteiger partial charge in [-0.05, 0) is 26.1 Å². The molecule has 1 aromatic heterocycles. The summed E-state index contributed by atoms with van der Waals surface area (Å²) in [5.74, 6) is 1.88. The molecule has 0 amide bonds. The summed E-state index contributed by atoms with van der Waals surface area (Å²) in [6.07, 6.45) is 1.70. The minimum Gasteiger partial charge on any atom is -0.355 e. The minimum atomic E-state index is 0.772. The van der Waals surface area contributed by atoms with Crippen LogP contribution >= 0.6 is 0 Å². The fourth-order valence-electron chi connectivity index (χ4n) is 3.66. The average molecular weight is 311 g/mol. The third-order valence-electron chi connectivity index (χ3n) is 5.14. The van der Waals surface area contributed by atoms with E-state index in [9.17, 15) is 0 Å². The molecule has 122 valence electrons. The van der Waals surface area contributed by atoms with Gasteiger partial charge in [0.15, 0.2) is 0 Å². The van der Waals surface area contributed by atoms with Crippen LogP contribution in [-0.4, -0.2) is 72.6 Å². The molecule has 5 nitrogen and oxygen atoms in total. The van der Waals surface area contributed by atoms with Crippen molar-refractivity contribution in [2.75, 3.05) is 57.8 Å². The first-order chi connectivity index (χ1) is 11.2. The molecular formula is C18H25N5. The first-order valence-electron chi connectivity index (χ1n) is 8.56. The number of rotatable bonds is 3. The van der Waals surface area contributed by atoms with Crippen molar-refractivity contribution in [3.63, 3.8) is 0 Å². The zero-order valence-corrected chi connectivity index (χ0v) is 14.1. The molecule has 0 radical (unpaired) electrons. The van der Waals surface area contributed by atoms with Crippen LogP contribution < -0.4 is 4.90 Å². The molecule has 5 heteroatoms. The third kappa shape index (κ3) is 3.03. The fraction of sp³-hybridized carbons (Fsp3) is 0.556. The van der Waals surface area contributed by atoms with Gasteiger partial charge in [-0.3, -0.25) is 0 Å². The molecule has 0 bridgehead atoms. The number of benzene rings is 1. The molecule has 1 aromatic carbocycles. The topological polar surface area (TPSA) is 35.5 Å². The molecule has 2 fully saturated rings. The maximum absolute atomic E-state index is 4.56. The van der Waals surface area contributed by atoms with Gasteiger partial charge in [0.1, 0.15) is 12.1 Å². The highest BCUT2D eigenvalue weighted by Gasteiger charge is 2.31. The van der Waals surface area contributed by atoms with Crippen LogP contribution in [0.5, 0.6) is 0 Å². The van der Waals surface area contributed by atoms with Gasteiger partial charge in [-0.2, -0.15) is 0 Å². The Labute approximate surface area is 137 Å². The van der Waals surface area contributed by atoms with Crippen molar-refractivity contribution in [1.29, 1.82) is 0 Å². The van der Waals surface area contributed by atoms with E-state index in [2.05, 4.69) is 56.8 Å². The molecule has 0 spiro atoms. The predicted octanol–water partition coefficient (Wildman–Crippen LogP) is 1.62. The van der Waals surface area contributed by atoms with Crippen molar-refractivity contribution < 1.29 is 0 Å². The van der Waals surface area contributed by atoms with Crippen LogP contribution in [0.15, 0.2) is 24.5 Å². The van der Waals surface area contributed by atoms with Crippen molar-refractivity contribution in [3.05, 3.63) is 30.1 Å². The highest BCUT2D eigenvalue weighted by Crippen LogP contribution is 2.29. The molecule has 2 saturated heterocycles. The molecule has 4 rings (SSSR count). The number of nitrogens with zero attached hydrogens (tertiary/aromatic N) is 5. The van der Waals surface area contributed by atoms with Gasteiger partial charge < -0.3 is 14.7 Å². The second kappa shape index (κ2) is 6.06. The summed E-state index contributed by atoms with van der Waals surface area (Å²) in [6, 6.07) is 6.42. The van der Waals surface area contributed by atoms with Crippen molar-refractivity contribution in [2.45, 2.75) is 6.92 Å². The second-order valence-corrected chi connectivity index (χ2v) is 7.09. The highest BCUT2D eigenvalue weighted by atomic mass is 15.3. The standard InChI is InChI=1S/C18H25N5/c1-14-3-4-17-16(9-14)18(20-13-19-17)23-11-15(12-23)10-22-7-5-21(2)6-8-22/h3-4,9,13,15H,5-8,10-12H2,1-2H3. The Kier molecular flexibility index (Phi) is 3.91. The van der Waals surface area contributed by atoms with Gasteiger partial charge >= 0.3 is 0 Å². The van der Waals surface area contributed by atoms with Crippen LogP contribution in [0.3, 0.4) is 0 Å². The summed E-state index contributed by atoms with van der Waals surface area (Å²) in [5, 5.41) is 1.19. The first-order valence-corrected chi connectivity index (χ1v) is 8.56. The van der Waals surface area contributed by atoms with Gasteiger partial charge in [0, 0.05) is 57.1 Å². The largest absolute Gasteiger partial charge is 0.355 e. The van der Waals surface area contributed by atoms with Crippen LogP contribution in [0.1, 0.15) is 5.56 Å². The van der Waals surface area contributed by atoms with Gasteiger partial charge in [-0.15, -0.1) is 0 Å². The van der Waals surface area contributed by atoms with Gasteiger partial charge in [0.05, 0.1) is 5.52 Å². The van der Waals surface area contributed by atoms with Crippen LogP contribution in [0.2, 0.25) is 0 Å². The van der Waals surface area contributed by atoms with Crippen LogP contribution in [0.25, 0.3) is 10.9 Å². The second-order valence-electron chi connectivity index (χ2n) is 7.09. The summed E-state index contributed by atoms with van der Waals surface area (Å²) in [4.78, 5) is 16.4. The van der Waals surface area contributed by atoms with E-state index in [4.69, 9.17) is 0 Å². The van der Waals surface area contributed by atoms with E-state index < -0.39 is 0 Å². The highest BCUT2D eigenvalue weighted by molar-refractivity contribution is 5.90. The normalized spacial score (nSPS) is 20.9. The number of fused-ring (bicyclic) bond motifs is 1. The summed E-state index contributed by atoms with van der Waals surface area (Å²) in [7, 11) is 2.21. The molecule has 23 heavy (non-hydrogen) atoms. The molecule has 0 atom stereocenters. The lowest BCUT2D eigenvalue weighted by molar-refractivity contribution is 0.128. The number of aromatic nitrogens is 2. The van der Waals surface area contributed by atoms with E-state index in [1.807, 2.05) is 0 Å². The molecule has 0 unspecified atom stereocenters. The number of anilines is 1. The molecule has 3 heterocycles. The van der Waals surface area contributed by atoms with Gasteiger partial charge in [0.25, 0.3) is 0 Å². The molecule has 2 aliphatic rings. The van der Waals surface area contributed by atoms with Crippen LogP contribution in [0, 0.1) is 12.8 Å². The zero-order valence-electron chi connectivity index (χ0n) is 14.1. The smallest absolute Gasteiger partial charge is 0.139 e. The number of likely N-dealkylation sites (N-methyl/N-ethyl adjacent to an activating group) is 1. The molecular weight excluding hydrogens is 286 g/mol. The lowest BCUT2D eigenvalue weighted by Crippen LogP contribution is -2.54. The van der Waals surface area contributed by atoms with Crippen LogP contribution in [0.4, 0.5) is 5.82 Å². The quantitative estimate of drug-likeness (QED) is 0.861. The summed E-state index contributed by atoms with van der Waals surface area (Å²) >= 11 is 0. The van der Waals surface area contributed by atoms with E-state index in [0.29, 0.717) is 0 Å². The third-order valence-corrected chi connectivity index (χ3v) is 5.14. The Morgan fingerprint density at radius 2 is 1.87 bits per heavy atom. The van der Waals surface area contributed by atoms with E-state index in [-0.39, 0.29) is 0 Å². The summed E-state index contributed by atoms with van der Waals surface area (Å²) in [6.45, 7) is 10.4. The Bertz CT molecular complexity index is 687. The Morgan fingerprint density at radius 1 is 1.09 bits per heavy atom. The van der Waals surface area contributed by atoms with Crippen molar-refractivity contribution in [2.24, 2.45) is 5.92 Å². The molecule has 0 saturated carbocycles. The van der Waals surface area contributed by atoms with E-state index in [1.165, 1.54) is 43.7 Å². The Balaban J connectivity index is 1.41. The molecule has 0 N–H and O–H groups in total.